The van der Waals surface area contributed by atoms with E-state index in [9.17, 15) is 4.79 Å². The second-order valence-corrected chi connectivity index (χ2v) is 4.19. The standard InChI is InChI=1S/C11H16BrN3O.ClH/c1-2-5-13-7-8-15-11(16)10-9(12)4-3-6-14-10;/h3-4,6,13H,2,5,7-8H2,1H3,(H,15,16);1H. The third-order valence-electron chi connectivity index (χ3n) is 1.99. The minimum Gasteiger partial charge on any atom is -0.349 e. The minimum absolute atomic E-state index is 0. The van der Waals surface area contributed by atoms with Crippen LogP contribution >= 0.6 is 28.3 Å². The van der Waals surface area contributed by atoms with Gasteiger partial charge >= 0.3 is 0 Å². The zero-order valence-corrected chi connectivity index (χ0v) is 12.1. The molecule has 96 valence electrons. The van der Waals surface area contributed by atoms with Crippen LogP contribution in [0.4, 0.5) is 0 Å². The zero-order valence-electron chi connectivity index (χ0n) is 9.70. The normalized spacial score (nSPS) is 9.53. The Morgan fingerprint density at radius 3 is 2.82 bits per heavy atom. The lowest BCUT2D eigenvalue weighted by atomic mass is 10.3. The summed E-state index contributed by atoms with van der Waals surface area (Å²) in [4.78, 5) is 15.7. The first-order valence-electron chi connectivity index (χ1n) is 5.35. The topological polar surface area (TPSA) is 54.0 Å². The lowest BCUT2D eigenvalue weighted by Gasteiger charge is -2.06. The molecule has 4 nitrogen and oxygen atoms in total. The van der Waals surface area contributed by atoms with E-state index in [1.807, 2.05) is 0 Å². The molecule has 17 heavy (non-hydrogen) atoms. The first-order valence-corrected chi connectivity index (χ1v) is 6.14. The molecule has 2 N–H and O–H groups in total. The minimum atomic E-state index is -0.147. The van der Waals surface area contributed by atoms with E-state index in [-0.39, 0.29) is 18.3 Å². The first kappa shape index (κ1) is 16.4. The third kappa shape index (κ3) is 6.00. The largest absolute Gasteiger partial charge is 0.349 e. The molecule has 0 spiro atoms. The maximum absolute atomic E-state index is 11.7. The fourth-order valence-corrected chi connectivity index (χ4v) is 1.64. The molecule has 6 heteroatoms. The zero-order chi connectivity index (χ0) is 11.8. The maximum atomic E-state index is 11.7. The molecule has 0 saturated carbocycles. The number of nitrogens with zero attached hydrogens (tertiary/aromatic N) is 1. The number of hydrogen-bond acceptors (Lipinski definition) is 3. The van der Waals surface area contributed by atoms with E-state index in [1.54, 1.807) is 18.3 Å². The Morgan fingerprint density at radius 1 is 1.41 bits per heavy atom. The summed E-state index contributed by atoms with van der Waals surface area (Å²) in [6.07, 6.45) is 2.70. The Labute approximate surface area is 116 Å². The van der Waals surface area contributed by atoms with Crippen molar-refractivity contribution in [1.29, 1.82) is 0 Å². The van der Waals surface area contributed by atoms with Crippen LogP contribution in [0.3, 0.4) is 0 Å². The van der Waals surface area contributed by atoms with Crippen molar-refractivity contribution >= 4 is 34.2 Å². The molecule has 1 rings (SSSR count). The molecule has 0 aliphatic carbocycles. The number of carbonyl (C=O) groups excluding carboxylic acids is 1. The van der Waals surface area contributed by atoms with Crippen molar-refractivity contribution < 1.29 is 4.79 Å². The van der Waals surface area contributed by atoms with Crippen molar-refractivity contribution in [1.82, 2.24) is 15.6 Å². The highest BCUT2D eigenvalue weighted by molar-refractivity contribution is 9.10. The van der Waals surface area contributed by atoms with E-state index in [0.29, 0.717) is 16.7 Å². The predicted molar refractivity (Wildman–Crippen MR) is 74.7 cm³/mol. The fraction of sp³-hybridized carbons (Fsp3) is 0.455. The second-order valence-electron chi connectivity index (χ2n) is 3.34. The highest BCUT2D eigenvalue weighted by Crippen LogP contribution is 2.12. The van der Waals surface area contributed by atoms with Crippen LogP contribution in [0.2, 0.25) is 0 Å². The van der Waals surface area contributed by atoms with E-state index in [1.165, 1.54) is 0 Å². The molecule has 1 heterocycles. The quantitative estimate of drug-likeness (QED) is 0.788. The Morgan fingerprint density at radius 2 is 2.18 bits per heavy atom. The van der Waals surface area contributed by atoms with Crippen LogP contribution in [0.15, 0.2) is 22.8 Å². The van der Waals surface area contributed by atoms with E-state index in [0.717, 1.165) is 19.5 Å². The Bertz CT molecular complexity index is 349. The van der Waals surface area contributed by atoms with Gasteiger partial charge in [-0.25, -0.2) is 4.98 Å². The summed E-state index contributed by atoms with van der Waals surface area (Å²) in [5.74, 6) is -0.147. The monoisotopic (exact) mass is 321 g/mol. The average molecular weight is 323 g/mol. The van der Waals surface area contributed by atoms with Crippen molar-refractivity contribution in [3.63, 3.8) is 0 Å². The number of pyridine rings is 1. The van der Waals surface area contributed by atoms with Gasteiger partial charge in [-0.2, -0.15) is 0 Å². The van der Waals surface area contributed by atoms with E-state index >= 15 is 0 Å². The number of carbonyl (C=O) groups is 1. The van der Waals surface area contributed by atoms with Crippen LogP contribution in [0.25, 0.3) is 0 Å². The van der Waals surface area contributed by atoms with Crippen LogP contribution < -0.4 is 10.6 Å². The van der Waals surface area contributed by atoms with E-state index < -0.39 is 0 Å². The third-order valence-corrected chi connectivity index (χ3v) is 2.63. The van der Waals surface area contributed by atoms with Gasteiger partial charge in [-0.05, 0) is 41.0 Å². The molecular formula is C11H17BrClN3O. The van der Waals surface area contributed by atoms with Crippen molar-refractivity contribution in [2.75, 3.05) is 19.6 Å². The number of amides is 1. The SMILES string of the molecule is CCCNCCNC(=O)c1ncccc1Br.Cl. The molecule has 0 unspecified atom stereocenters. The second kappa shape index (κ2) is 9.39. The van der Waals surface area contributed by atoms with Crippen LogP contribution in [0.5, 0.6) is 0 Å². The van der Waals surface area contributed by atoms with Gasteiger partial charge in [-0.1, -0.05) is 6.92 Å². The molecule has 1 aromatic rings. The van der Waals surface area contributed by atoms with Gasteiger partial charge in [0.25, 0.3) is 5.91 Å². The first-order chi connectivity index (χ1) is 7.75. The van der Waals surface area contributed by atoms with E-state index in [2.05, 4.69) is 38.5 Å². The highest BCUT2D eigenvalue weighted by atomic mass is 79.9. The van der Waals surface area contributed by atoms with Crippen molar-refractivity contribution in [2.24, 2.45) is 0 Å². The molecule has 0 bridgehead atoms. The van der Waals surface area contributed by atoms with Crippen LogP contribution in [-0.2, 0) is 0 Å². The average Bonchev–Trinajstić information content (AvgIpc) is 2.29. The predicted octanol–water partition coefficient (Wildman–Crippen LogP) is 2.00. The molecule has 0 atom stereocenters. The van der Waals surface area contributed by atoms with Gasteiger partial charge in [0.2, 0.25) is 0 Å². The molecule has 1 amide bonds. The van der Waals surface area contributed by atoms with Gasteiger partial charge in [0.05, 0.1) is 0 Å². The molecule has 0 radical (unpaired) electrons. The molecule has 0 aliphatic heterocycles. The lowest BCUT2D eigenvalue weighted by molar-refractivity contribution is 0.0948. The van der Waals surface area contributed by atoms with Crippen molar-refractivity contribution in [3.8, 4) is 0 Å². The maximum Gasteiger partial charge on any atom is 0.271 e. The van der Waals surface area contributed by atoms with Gasteiger partial charge in [0.15, 0.2) is 0 Å². The summed E-state index contributed by atoms with van der Waals surface area (Å²) in [5.41, 5.74) is 0.429. The molecule has 0 saturated heterocycles. The summed E-state index contributed by atoms with van der Waals surface area (Å²) in [5, 5.41) is 6.01. The molecular weight excluding hydrogens is 305 g/mol. The van der Waals surface area contributed by atoms with Crippen LogP contribution in [0.1, 0.15) is 23.8 Å². The summed E-state index contributed by atoms with van der Waals surface area (Å²) in [6, 6.07) is 3.58. The van der Waals surface area contributed by atoms with E-state index in [4.69, 9.17) is 0 Å². The van der Waals surface area contributed by atoms with Gasteiger partial charge in [-0.15, -0.1) is 12.4 Å². The van der Waals surface area contributed by atoms with Crippen molar-refractivity contribution in [2.45, 2.75) is 13.3 Å². The molecule has 0 fully saturated rings. The Kier molecular flexibility index (Phi) is 9.03. The van der Waals surface area contributed by atoms with Gasteiger partial charge in [-0.3, -0.25) is 4.79 Å². The van der Waals surface area contributed by atoms with Crippen LogP contribution in [0, 0.1) is 0 Å². The number of aromatic nitrogens is 1. The summed E-state index contributed by atoms with van der Waals surface area (Å²) >= 11 is 3.29. The highest BCUT2D eigenvalue weighted by Gasteiger charge is 2.09. The molecule has 1 aromatic heterocycles. The summed E-state index contributed by atoms with van der Waals surface area (Å²) in [6.45, 7) is 4.48. The summed E-state index contributed by atoms with van der Waals surface area (Å²) in [7, 11) is 0. The number of halogens is 2. The lowest BCUT2D eigenvalue weighted by Crippen LogP contribution is -2.32. The number of rotatable bonds is 6. The smallest absolute Gasteiger partial charge is 0.271 e. The van der Waals surface area contributed by atoms with Gasteiger partial charge < -0.3 is 10.6 Å². The van der Waals surface area contributed by atoms with Gasteiger partial charge in [0, 0.05) is 23.8 Å². The summed E-state index contributed by atoms with van der Waals surface area (Å²) < 4.78 is 0.717. The van der Waals surface area contributed by atoms with Crippen LogP contribution in [-0.4, -0.2) is 30.5 Å². The van der Waals surface area contributed by atoms with Gasteiger partial charge in [0.1, 0.15) is 5.69 Å². The Hall–Kier alpha value is -0.650. The van der Waals surface area contributed by atoms with Crippen molar-refractivity contribution in [3.05, 3.63) is 28.5 Å². The number of hydrogen-bond donors (Lipinski definition) is 2. The molecule has 0 aromatic carbocycles. The number of nitrogens with one attached hydrogen (secondary N) is 2. The Balaban J connectivity index is 0.00000256. The molecule has 0 aliphatic rings. The fourth-order valence-electron chi connectivity index (χ4n) is 1.20.